The van der Waals surface area contributed by atoms with Crippen molar-refractivity contribution in [1.29, 1.82) is 0 Å². The third kappa shape index (κ3) is 2.86. The van der Waals surface area contributed by atoms with E-state index in [0.29, 0.717) is 27.7 Å². The summed E-state index contributed by atoms with van der Waals surface area (Å²) in [6.07, 6.45) is -2.01. The van der Waals surface area contributed by atoms with Crippen LogP contribution in [0.2, 0.25) is 0 Å². The molecule has 4 aromatic rings. The first-order valence-corrected chi connectivity index (χ1v) is 9.42. The van der Waals surface area contributed by atoms with E-state index in [1.807, 2.05) is 6.92 Å². The first-order valence-electron chi connectivity index (χ1n) is 8.43. The Kier molecular flexibility index (Phi) is 4.41. The van der Waals surface area contributed by atoms with Crippen molar-refractivity contribution in [1.82, 2.24) is 29.1 Å². The zero-order valence-corrected chi connectivity index (χ0v) is 16.1. The zero-order chi connectivity index (χ0) is 20.1. The summed E-state index contributed by atoms with van der Waals surface area (Å²) in [4.78, 5) is 12.9. The highest BCUT2D eigenvalue weighted by atomic mass is 32.2. The molecule has 0 fully saturated rings. The molecule has 0 amide bonds. The molecule has 0 spiro atoms. The fourth-order valence-corrected chi connectivity index (χ4v) is 3.74. The van der Waals surface area contributed by atoms with Gasteiger partial charge in [-0.15, -0.1) is 11.8 Å². The van der Waals surface area contributed by atoms with Crippen molar-refractivity contribution in [3.05, 3.63) is 30.1 Å². The van der Waals surface area contributed by atoms with Crippen molar-refractivity contribution in [3.8, 4) is 11.4 Å². The number of hydrogen-bond donors (Lipinski definition) is 1. The number of imidazole rings is 1. The number of alkyl halides is 3. The van der Waals surface area contributed by atoms with Gasteiger partial charge in [-0.1, -0.05) is 6.92 Å². The minimum Gasteiger partial charge on any atom is -0.373 e. The summed E-state index contributed by atoms with van der Waals surface area (Å²) < 4.78 is 42.5. The van der Waals surface area contributed by atoms with Gasteiger partial charge >= 0.3 is 6.18 Å². The lowest BCUT2D eigenvalue weighted by Gasteiger charge is -2.05. The van der Waals surface area contributed by atoms with Crippen LogP contribution in [0.4, 0.5) is 19.0 Å². The molecule has 7 nitrogen and oxygen atoms in total. The van der Waals surface area contributed by atoms with Gasteiger partial charge in [-0.25, -0.2) is 15.0 Å². The normalized spacial score (nSPS) is 12.2. The SMILES string of the molecule is CCSc1nn2c(NC)ccnc2c1-c1nc2cc(C(F)(F)F)cnc2n1C. The van der Waals surface area contributed by atoms with Crippen LogP contribution in [0, 0.1) is 0 Å². The molecule has 11 heteroatoms. The predicted molar refractivity (Wildman–Crippen MR) is 101 cm³/mol. The number of aryl methyl sites for hydroxylation is 1. The number of halogens is 3. The maximum absolute atomic E-state index is 13.0. The Hall–Kier alpha value is -2.82. The Labute approximate surface area is 162 Å². The van der Waals surface area contributed by atoms with E-state index in [2.05, 4.69) is 25.4 Å². The average molecular weight is 407 g/mol. The number of nitrogens with zero attached hydrogens (tertiary/aromatic N) is 6. The van der Waals surface area contributed by atoms with Crippen molar-refractivity contribution in [2.24, 2.45) is 7.05 Å². The highest BCUT2D eigenvalue weighted by Crippen LogP contribution is 2.36. The molecule has 4 heterocycles. The van der Waals surface area contributed by atoms with Crippen molar-refractivity contribution < 1.29 is 13.2 Å². The number of pyridine rings is 1. The summed E-state index contributed by atoms with van der Waals surface area (Å²) in [6.45, 7) is 2.00. The molecule has 0 bridgehead atoms. The van der Waals surface area contributed by atoms with Gasteiger partial charge in [-0.05, 0) is 17.9 Å². The largest absolute Gasteiger partial charge is 0.417 e. The fraction of sp³-hybridized carbons (Fsp3) is 0.294. The third-order valence-electron chi connectivity index (χ3n) is 4.28. The van der Waals surface area contributed by atoms with E-state index >= 15 is 0 Å². The van der Waals surface area contributed by atoms with E-state index in [1.165, 1.54) is 11.8 Å². The zero-order valence-electron chi connectivity index (χ0n) is 15.2. The fourth-order valence-electron chi connectivity index (χ4n) is 3.00. The summed E-state index contributed by atoms with van der Waals surface area (Å²) in [6, 6.07) is 2.80. The second-order valence-electron chi connectivity index (χ2n) is 5.99. The lowest BCUT2D eigenvalue weighted by molar-refractivity contribution is -0.137. The van der Waals surface area contributed by atoms with Crippen molar-refractivity contribution >= 4 is 34.4 Å². The van der Waals surface area contributed by atoms with Crippen LogP contribution in [0.5, 0.6) is 0 Å². The molecule has 0 aromatic carbocycles. The van der Waals surface area contributed by atoms with Crippen LogP contribution in [-0.2, 0) is 13.2 Å². The van der Waals surface area contributed by atoms with Crippen LogP contribution >= 0.6 is 11.8 Å². The molecule has 0 aliphatic heterocycles. The van der Waals surface area contributed by atoms with E-state index < -0.39 is 11.7 Å². The van der Waals surface area contributed by atoms with Crippen molar-refractivity contribution in [2.75, 3.05) is 18.1 Å². The number of hydrogen-bond acceptors (Lipinski definition) is 6. The van der Waals surface area contributed by atoms with E-state index in [1.54, 1.807) is 35.4 Å². The van der Waals surface area contributed by atoms with Crippen LogP contribution in [0.15, 0.2) is 29.6 Å². The first-order chi connectivity index (χ1) is 13.3. The van der Waals surface area contributed by atoms with Crippen molar-refractivity contribution in [3.63, 3.8) is 0 Å². The summed E-state index contributed by atoms with van der Waals surface area (Å²) >= 11 is 1.51. The summed E-state index contributed by atoms with van der Waals surface area (Å²) in [7, 11) is 3.50. The molecule has 0 saturated carbocycles. The van der Waals surface area contributed by atoms with E-state index in [0.717, 1.165) is 23.8 Å². The lowest BCUT2D eigenvalue weighted by atomic mass is 10.2. The molecule has 4 aromatic heterocycles. The molecule has 146 valence electrons. The maximum atomic E-state index is 13.0. The van der Waals surface area contributed by atoms with Gasteiger partial charge in [0.05, 0.1) is 11.1 Å². The van der Waals surface area contributed by atoms with Crippen LogP contribution in [-0.4, -0.2) is 41.9 Å². The van der Waals surface area contributed by atoms with Gasteiger partial charge in [0.15, 0.2) is 11.3 Å². The third-order valence-corrected chi connectivity index (χ3v) is 5.13. The van der Waals surface area contributed by atoms with Crippen molar-refractivity contribution in [2.45, 2.75) is 18.1 Å². The molecular formula is C17H16F3N7S. The minimum atomic E-state index is -4.48. The highest BCUT2D eigenvalue weighted by molar-refractivity contribution is 7.99. The Morgan fingerprint density at radius 3 is 2.68 bits per heavy atom. The minimum absolute atomic E-state index is 0.170. The van der Waals surface area contributed by atoms with Crippen LogP contribution < -0.4 is 5.32 Å². The van der Waals surface area contributed by atoms with Crippen LogP contribution in [0.3, 0.4) is 0 Å². The van der Waals surface area contributed by atoms with Gasteiger partial charge in [0, 0.05) is 26.5 Å². The molecular weight excluding hydrogens is 391 g/mol. The Morgan fingerprint density at radius 1 is 1.21 bits per heavy atom. The summed E-state index contributed by atoms with van der Waals surface area (Å²) in [5, 5.41) is 8.38. The average Bonchev–Trinajstić information content (AvgIpc) is 3.18. The number of fused-ring (bicyclic) bond motifs is 2. The molecule has 0 saturated heterocycles. The molecule has 4 rings (SSSR count). The molecule has 0 unspecified atom stereocenters. The molecule has 0 atom stereocenters. The summed E-state index contributed by atoms with van der Waals surface area (Å²) in [5.74, 6) is 1.98. The highest BCUT2D eigenvalue weighted by Gasteiger charge is 2.32. The second kappa shape index (κ2) is 6.66. The Bertz CT molecular complexity index is 1180. The van der Waals surface area contributed by atoms with Crippen LogP contribution in [0.1, 0.15) is 12.5 Å². The monoisotopic (exact) mass is 407 g/mol. The van der Waals surface area contributed by atoms with E-state index in [9.17, 15) is 13.2 Å². The molecule has 0 radical (unpaired) electrons. The quantitative estimate of drug-likeness (QED) is 0.518. The smallest absolute Gasteiger partial charge is 0.373 e. The lowest BCUT2D eigenvalue weighted by Crippen LogP contribution is -2.05. The Morgan fingerprint density at radius 2 is 2.00 bits per heavy atom. The van der Waals surface area contributed by atoms with Gasteiger partial charge in [0.2, 0.25) is 0 Å². The number of anilines is 1. The van der Waals surface area contributed by atoms with Gasteiger partial charge in [-0.3, -0.25) is 0 Å². The van der Waals surface area contributed by atoms with Gasteiger partial charge in [-0.2, -0.15) is 22.8 Å². The molecule has 1 N–H and O–H groups in total. The van der Waals surface area contributed by atoms with Gasteiger partial charge < -0.3 is 9.88 Å². The van der Waals surface area contributed by atoms with E-state index in [-0.39, 0.29) is 5.52 Å². The first kappa shape index (κ1) is 18.5. The van der Waals surface area contributed by atoms with Crippen LogP contribution in [0.25, 0.3) is 28.2 Å². The number of aromatic nitrogens is 6. The molecule has 0 aliphatic rings. The maximum Gasteiger partial charge on any atom is 0.417 e. The predicted octanol–water partition coefficient (Wildman–Crippen LogP) is 3.85. The van der Waals surface area contributed by atoms with Gasteiger partial charge in [0.25, 0.3) is 0 Å². The molecule has 28 heavy (non-hydrogen) atoms. The van der Waals surface area contributed by atoms with E-state index in [4.69, 9.17) is 0 Å². The molecule has 0 aliphatic carbocycles. The topological polar surface area (TPSA) is 72.9 Å². The number of rotatable bonds is 4. The Balaban J connectivity index is 2.00. The number of thioether (sulfide) groups is 1. The van der Waals surface area contributed by atoms with Gasteiger partial charge in [0.1, 0.15) is 22.2 Å². The number of nitrogens with one attached hydrogen (secondary N) is 1. The standard InChI is InChI=1S/C17H16F3N7S/c1-4-28-16-12(14-22-6-5-11(21-2)27(14)25-16)15-24-10-7-9(17(18,19)20)8-23-13(10)26(15)3/h5-8,21H,4H2,1-3H3. The second-order valence-corrected chi connectivity index (χ2v) is 7.24. The summed E-state index contributed by atoms with van der Waals surface area (Å²) in [5.41, 5.74) is 0.932.